The SMILES string of the molecule is O=C(Nc1ccc(-c2ccc(NC(=O)[C@H]3CCN(C(=O)Cc4ccccc4CN4CCCC4)C3)cc2)cc1)[C@@H]1CCN(C(=O)Cc2ccccc2CN2CCCC2)C1. The van der Waals surface area contributed by atoms with E-state index >= 15 is 0 Å². The number of carbonyl (C=O) groups excluding carboxylic acids is 4. The van der Waals surface area contributed by atoms with Gasteiger partial charge < -0.3 is 20.4 Å². The molecule has 0 bridgehead atoms. The summed E-state index contributed by atoms with van der Waals surface area (Å²) >= 11 is 0. The van der Waals surface area contributed by atoms with Crippen LogP contribution >= 0.6 is 0 Å². The van der Waals surface area contributed by atoms with Crippen LogP contribution in [0.15, 0.2) is 97.1 Å². The molecule has 2 N–H and O–H groups in total. The number of carbonyl (C=O) groups is 4. The van der Waals surface area contributed by atoms with Gasteiger partial charge in [-0.2, -0.15) is 0 Å². The molecule has 10 heteroatoms. The lowest BCUT2D eigenvalue weighted by Gasteiger charge is -2.20. The number of nitrogens with zero attached hydrogens (tertiary/aromatic N) is 4. The summed E-state index contributed by atoms with van der Waals surface area (Å²) < 4.78 is 0. The van der Waals surface area contributed by atoms with Crippen molar-refractivity contribution in [3.63, 3.8) is 0 Å². The first-order chi connectivity index (χ1) is 28.3. The lowest BCUT2D eigenvalue weighted by molar-refractivity contribution is -0.130. The molecule has 0 spiro atoms. The van der Waals surface area contributed by atoms with Crippen molar-refractivity contribution in [2.45, 2.75) is 64.5 Å². The summed E-state index contributed by atoms with van der Waals surface area (Å²) in [6, 6.07) is 32.0. The van der Waals surface area contributed by atoms with Gasteiger partial charge in [0, 0.05) is 50.6 Å². The maximum absolute atomic E-state index is 13.3. The van der Waals surface area contributed by atoms with Gasteiger partial charge in [-0.1, -0.05) is 72.8 Å². The Kier molecular flexibility index (Phi) is 12.6. The van der Waals surface area contributed by atoms with E-state index in [4.69, 9.17) is 0 Å². The monoisotopic (exact) mass is 780 g/mol. The third kappa shape index (κ3) is 9.85. The highest BCUT2D eigenvalue weighted by Crippen LogP contribution is 2.27. The molecule has 4 saturated heterocycles. The first-order valence-corrected chi connectivity index (χ1v) is 21.3. The molecule has 302 valence electrons. The zero-order valence-electron chi connectivity index (χ0n) is 33.5. The smallest absolute Gasteiger partial charge is 0.229 e. The summed E-state index contributed by atoms with van der Waals surface area (Å²) in [5, 5.41) is 6.12. The van der Waals surface area contributed by atoms with Crippen molar-refractivity contribution in [3.05, 3.63) is 119 Å². The third-order valence-corrected chi connectivity index (χ3v) is 12.6. The molecule has 4 fully saturated rings. The van der Waals surface area contributed by atoms with Crippen LogP contribution in [0, 0.1) is 11.8 Å². The van der Waals surface area contributed by atoms with E-state index < -0.39 is 0 Å². The minimum atomic E-state index is -0.244. The molecule has 0 aromatic heterocycles. The normalized spacial score (nSPS) is 19.8. The van der Waals surface area contributed by atoms with E-state index in [9.17, 15) is 19.2 Å². The van der Waals surface area contributed by atoms with Crippen LogP contribution in [-0.2, 0) is 45.1 Å². The second kappa shape index (κ2) is 18.5. The van der Waals surface area contributed by atoms with Crippen molar-refractivity contribution in [3.8, 4) is 11.1 Å². The molecule has 4 aromatic carbocycles. The Morgan fingerprint density at radius 1 is 0.466 bits per heavy atom. The summed E-state index contributed by atoms with van der Waals surface area (Å²) in [4.78, 5) is 61.7. The van der Waals surface area contributed by atoms with E-state index in [1.54, 1.807) is 0 Å². The maximum Gasteiger partial charge on any atom is 0.229 e. The fraction of sp³-hybridized carbons (Fsp3) is 0.417. The molecule has 2 atom stereocenters. The van der Waals surface area contributed by atoms with Crippen LogP contribution in [-0.4, -0.2) is 95.6 Å². The maximum atomic E-state index is 13.3. The number of nitrogens with one attached hydrogen (secondary N) is 2. The van der Waals surface area contributed by atoms with Gasteiger partial charge in [0.25, 0.3) is 0 Å². The van der Waals surface area contributed by atoms with Gasteiger partial charge in [-0.3, -0.25) is 29.0 Å². The van der Waals surface area contributed by atoms with Crippen LogP contribution in [0.1, 0.15) is 60.8 Å². The van der Waals surface area contributed by atoms with Gasteiger partial charge in [0.05, 0.1) is 24.7 Å². The van der Waals surface area contributed by atoms with Gasteiger partial charge in [-0.15, -0.1) is 0 Å². The Morgan fingerprint density at radius 2 is 0.828 bits per heavy atom. The van der Waals surface area contributed by atoms with E-state index in [2.05, 4.69) is 44.7 Å². The van der Waals surface area contributed by atoms with E-state index in [1.165, 1.54) is 36.8 Å². The number of rotatable bonds is 13. The highest BCUT2D eigenvalue weighted by molar-refractivity contribution is 5.95. The van der Waals surface area contributed by atoms with Crippen LogP contribution in [0.25, 0.3) is 11.1 Å². The molecule has 4 aromatic rings. The van der Waals surface area contributed by atoms with Crippen LogP contribution in [0.4, 0.5) is 11.4 Å². The molecule has 58 heavy (non-hydrogen) atoms. The number of likely N-dealkylation sites (tertiary alicyclic amines) is 4. The highest BCUT2D eigenvalue weighted by atomic mass is 16.2. The van der Waals surface area contributed by atoms with Gasteiger partial charge in [0.2, 0.25) is 23.6 Å². The topological polar surface area (TPSA) is 105 Å². The largest absolute Gasteiger partial charge is 0.342 e. The van der Waals surface area contributed by atoms with Gasteiger partial charge in [-0.25, -0.2) is 0 Å². The molecule has 4 amide bonds. The Labute approximate surface area is 342 Å². The van der Waals surface area contributed by atoms with E-state index in [0.717, 1.165) is 61.5 Å². The second-order valence-corrected chi connectivity index (χ2v) is 16.6. The van der Waals surface area contributed by atoms with Gasteiger partial charge in [0.1, 0.15) is 0 Å². The van der Waals surface area contributed by atoms with Crippen molar-refractivity contribution in [1.82, 2.24) is 19.6 Å². The number of hydrogen-bond acceptors (Lipinski definition) is 6. The average molecular weight is 781 g/mol. The van der Waals surface area contributed by atoms with Crippen molar-refractivity contribution < 1.29 is 19.2 Å². The van der Waals surface area contributed by atoms with Crippen molar-refractivity contribution in [1.29, 1.82) is 0 Å². The lowest BCUT2D eigenvalue weighted by Crippen LogP contribution is -2.32. The standard InChI is InChI=1S/C48H56N6O4/c55-45(29-37-9-1-3-11-39(37)31-51-23-5-6-24-51)53-27-21-41(33-53)47(57)49-43-17-13-35(14-18-43)36-15-19-44(20-16-36)50-48(58)42-22-28-54(34-42)46(56)30-38-10-2-4-12-40(38)32-52-25-7-8-26-52/h1-4,9-20,41-42H,5-8,21-34H2,(H,49,57)(H,50,58)/t41-,42+. The van der Waals surface area contributed by atoms with Crippen molar-refractivity contribution in [2.75, 3.05) is 63.0 Å². The number of amides is 4. The number of hydrogen-bond donors (Lipinski definition) is 2. The quantitative estimate of drug-likeness (QED) is 0.159. The van der Waals surface area contributed by atoms with E-state index in [-0.39, 0.29) is 35.5 Å². The van der Waals surface area contributed by atoms with E-state index in [1.807, 2.05) is 82.6 Å². The third-order valence-electron chi connectivity index (χ3n) is 12.6. The summed E-state index contributed by atoms with van der Waals surface area (Å²) in [7, 11) is 0. The Balaban J connectivity index is 0.779. The van der Waals surface area contributed by atoms with Gasteiger partial charge >= 0.3 is 0 Å². The molecule has 0 aliphatic carbocycles. The van der Waals surface area contributed by atoms with Crippen LogP contribution in [0.3, 0.4) is 0 Å². The van der Waals surface area contributed by atoms with Crippen LogP contribution < -0.4 is 10.6 Å². The average Bonchev–Trinajstić information content (AvgIpc) is 4.09. The predicted octanol–water partition coefficient (Wildman–Crippen LogP) is 6.60. The molecule has 0 unspecified atom stereocenters. The molecule has 4 aliphatic heterocycles. The Bertz CT molecular complexity index is 1920. The summed E-state index contributed by atoms with van der Waals surface area (Å²) in [6.45, 7) is 8.29. The molecule has 4 aliphatic rings. The fourth-order valence-electron chi connectivity index (χ4n) is 9.06. The molecule has 10 nitrogen and oxygen atoms in total. The summed E-state index contributed by atoms with van der Waals surface area (Å²) in [5.41, 5.74) is 8.02. The summed E-state index contributed by atoms with van der Waals surface area (Å²) in [5.74, 6) is -0.457. The van der Waals surface area contributed by atoms with Crippen LogP contribution in [0.2, 0.25) is 0 Å². The minimum Gasteiger partial charge on any atom is -0.342 e. The van der Waals surface area contributed by atoms with E-state index in [0.29, 0.717) is 63.2 Å². The van der Waals surface area contributed by atoms with Crippen molar-refractivity contribution in [2.24, 2.45) is 11.8 Å². The number of anilines is 2. The first kappa shape index (κ1) is 39.5. The molecule has 8 rings (SSSR count). The number of benzene rings is 4. The lowest BCUT2D eigenvalue weighted by atomic mass is 10.0. The zero-order chi connectivity index (χ0) is 39.8. The highest BCUT2D eigenvalue weighted by Gasteiger charge is 2.33. The Morgan fingerprint density at radius 3 is 1.21 bits per heavy atom. The van der Waals surface area contributed by atoms with Crippen molar-refractivity contribution >= 4 is 35.0 Å². The fourth-order valence-corrected chi connectivity index (χ4v) is 9.06. The van der Waals surface area contributed by atoms with Crippen LogP contribution in [0.5, 0.6) is 0 Å². The molecular formula is C48H56N6O4. The predicted molar refractivity (Wildman–Crippen MR) is 228 cm³/mol. The minimum absolute atomic E-state index is 0.0643. The zero-order valence-corrected chi connectivity index (χ0v) is 33.5. The summed E-state index contributed by atoms with van der Waals surface area (Å²) in [6.07, 6.45) is 6.98. The molecule has 0 radical (unpaired) electrons. The van der Waals surface area contributed by atoms with Gasteiger partial charge in [-0.05, 0) is 122 Å². The first-order valence-electron chi connectivity index (χ1n) is 21.3. The van der Waals surface area contributed by atoms with Gasteiger partial charge in [0.15, 0.2) is 0 Å². The molecule has 0 saturated carbocycles. The molecular weight excluding hydrogens is 725 g/mol. The Hall–Kier alpha value is -5.32. The molecule has 4 heterocycles. The second-order valence-electron chi connectivity index (χ2n) is 16.6.